The van der Waals surface area contributed by atoms with E-state index >= 15 is 0 Å². The maximum atomic E-state index is 13.0. The molecule has 0 bridgehead atoms. The van der Waals surface area contributed by atoms with Crippen molar-refractivity contribution in [1.29, 1.82) is 0 Å². The highest BCUT2D eigenvalue weighted by atomic mass is 31.2. The van der Waals surface area contributed by atoms with Crippen LogP contribution in [0, 0.1) is 0 Å². The van der Waals surface area contributed by atoms with Crippen molar-refractivity contribution in [3.63, 3.8) is 0 Å². The lowest BCUT2D eigenvalue weighted by molar-refractivity contribution is -0.870. The standard InChI is InChI=1S/C63H115N2O6P/c1-6-8-10-12-14-16-18-20-22-24-26-28-29-30-31-32-33-34-35-37-39-41-43-45-47-49-51-53-55-57-63(67)64-61(60-71-72(68,69)70-59-58-65(3,4)5)62(66)56-54-52-50-48-46-44-42-40-38-36-27-25-23-21-19-17-15-13-11-9-7-2/h8,10,14,16,20,22,26,28,38,40,46,48,54,56,61-62,66H,6-7,9,11-13,15,17-19,21,23-25,27,29-37,39,41-45,47,49-53,55,57-60H2,1-5H3,(H-,64,67,68,69)/p+1/b10-8-,16-14-,22-20-,28-26-,40-38+,48-46+,56-54+. The Morgan fingerprint density at radius 3 is 1.28 bits per heavy atom. The largest absolute Gasteiger partial charge is 0.472 e. The van der Waals surface area contributed by atoms with Gasteiger partial charge in [-0.3, -0.25) is 13.8 Å². The van der Waals surface area contributed by atoms with Crippen LogP contribution in [0.25, 0.3) is 0 Å². The van der Waals surface area contributed by atoms with E-state index in [2.05, 4.69) is 92.1 Å². The van der Waals surface area contributed by atoms with Gasteiger partial charge in [-0.2, -0.15) is 0 Å². The van der Waals surface area contributed by atoms with E-state index < -0.39 is 20.0 Å². The molecular formula is C63H116N2O6P+. The Hall–Kier alpha value is -2.32. The topological polar surface area (TPSA) is 105 Å². The Balaban J connectivity index is 4.21. The van der Waals surface area contributed by atoms with Gasteiger partial charge in [-0.05, 0) is 83.5 Å². The van der Waals surface area contributed by atoms with Gasteiger partial charge in [-0.25, -0.2) is 4.57 Å². The second-order valence-corrected chi connectivity index (χ2v) is 22.8. The van der Waals surface area contributed by atoms with E-state index in [1.54, 1.807) is 6.08 Å². The Kier molecular flexibility index (Phi) is 51.8. The molecule has 1 amide bonds. The minimum absolute atomic E-state index is 0.0512. The van der Waals surface area contributed by atoms with Crippen LogP contribution in [-0.2, 0) is 18.4 Å². The third-order valence-corrected chi connectivity index (χ3v) is 14.1. The molecule has 0 aliphatic heterocycles. The molecule has 9 heteroatoms. The average Bonchev–Trinajstić information content (AvgIpc) is 3.34. The molecule has 0 spiro atoms. The summed E-state index contributed by atoms with van der Waals surface area (Å²) in [4.78, 5) is 23.3. The van der Waals surface area contributed by atoms with E-state index in [9.17, 15) is 19.4 Å². The van der Waals surface area contributed by atoms with E-state index in [0.29, 0.717) is 17.4 Å². The number of unbranched alkanes of at least 4 members (excludes halogenated alkanes) is 29. The summed E-state index contributed by atoms with van der Waals surface area (Å²) in [5.41, 5.74) is 0. The van der Waals surface area contributed by atoms with Crippen molar-refractivity contribution >= 4 is 13.7 Å². The molecule has 0 aromatic rings. The molecule has 0 radical (unpaired) electrons. The summed E-state index contributed by atoms with van der Waals surface area (Å²) in [5.74, 6) is -0.191. The molecule has 8 nitrogen and oxygen atoms in total. The predicted octanol–water partition coefficient (Wildman–Crippen LogP) is 18.4. The van der Waals surface area contributed by atoms with Gasteiger partial charge in [-0.15, -0.1) is 0 Å². The van der Waals surface area contributed by atoms with E-state index in [1.807, 2.05) is 27.2 Å². The number of allylic oxidation sites excluding steroid dienone is 13. The fourth-order valence-electron chi connectivity index (χ4n) is 8.42. The summed E-state index contributed by atoms with van der Waals surface area (Å²) in [6.45, 7) is 4.69. The highest BCUT2D eigenvalue weighted by molar-refractivity contribution is 7.47. The number of carbonyl (C=O) groups is 1. The Bertz CT molecular complexity index is 1450. The summed E-state index contributed by atoms with van der Waals surface area (Å²) in [6, 6.07) is -0.874. The number of rotatable bonds is 54. The van der Waals surface area contributed by atoms with E-state index in [4.69, 9.17) is 9.05 Å². The van der Waals surface area contributed by atoms with Crippen LogP contribution in [-0.4, -0.2) is 73.4 Å². The van der Waals surface area contributed by atoms with Gasteiger partial charge in [0.25, 0.3) is 0 Å². The van der Waals surface area contributed by atoms with Crippen LogP contribution in [0.3, 0.4) is 0 Å². The fraction of sp³-hybridized carbons (Fsp3) is 0.762. The molecule has 3 N–H and O–H groups in total. The van der Waals surface area contributed by atoms with Crippen molar-refractivity contribution in [2.24, 2.45) is 0 Å². The lowest BCUT2D eigenvalue weighted by Crippen LogP contribution is -2.45. The Labute approximate surface area is 446 Å². The van der Waals surface area contributed by atoms with E-state index in [0.717, 1.165) is 70.6 Å². The van der Waals surface area contributed by atoms with Crippen molar-refractivity contribution in [2.45, 2.75) is 270 Å². The normalized spacial score (nSPS) is 14.5. The molecule has 0 aromatic heterocycles. The zero-order chi connectivity index (χ0) is 52.7. The highest BCUT2D eigenvalue weighted by Crippen LogP contribution is 2.43. The first-order valence-corrected chi connectivity index (χ1v) is 31.5. The van der Waals surface area contributed by atoms with Crippen LogP contribution in [0.15, 0.2) is 85.1 Å². The highest BCUT2D eigenvalue weighted by Gasteiger charge is 2.27. The molecule has 0 saturated carbocycles. The Morgan fingerprint density at radius 1 is 0.486 bits per heavy atom. The summed E-state index contributed by atoms with van der Waals surface area (Å²) >= 11 is 0. The fourth-order valence-corrected chi connectivity index (χ4v) is 9.15. The second-order valence-electron chi connectivity index (χ2n) is 21.3. The number of aliphatic hydroxyl groups is 1. The SMILES string of the molecule is CC/C=C\C/C=C\C/C=C\C/C=C\CCCCCCCCCCCCCCCCCCC(=O)NC(COP(=O)(O)OCC[N+](C)(C)C)C(O)/C=C/CC/C=C/CC/C=C/CCCCCCCCCCCCC. The van der Waals surface area contributed by atoms with Gasteiger partial charge >= 0.3 is 7.82 Å². The first kappa shape index (κ1) is 69.7. The predicted molar refractivity (Wildman–Crippen MR) is 313 cm³/mol. The molecule has 72 heavy (non-hydrogen) atoms. The molecule has 0 aliphatic rings. The number of carbonyl (C=O) groups excluding carboxylic acids is 1. The second kappa shape index (κ2) is 53.5. The zero-order valence-electron chi connectivity index (χ0n) is 47.7. The van der Waals surface area contributed by atoms with Crippen LogP contribution in [0.2, 0.25) is 0 Å². The monoisotopic (exact) mass is 1030 g/mol. The quantitative estimate of drug-likeness (QED) is 0.0243. The number of nitrogens with zero attached hydrogens (tertiary/aromatic N) is 1. The summed E-state index contributed by atoms with van der Waals surface area (Å²) in [5, 5.41) is 13.9. The van der Waals surface area contributed by atoms with Crippen LogP contribution in [0.5, 0.6) is 0 Å². The first-order chi connectivity index (χ1) is 35.0. The molecule has 0 aliphatic carbocycles. The van der Waals surface area contributed by atoms with E-state index in [-0.39, 0.29) is 19.1 Å². The minimum atomic E-state index is -4.36. The maximum absolute atomic E-state index is 13.0. The van der Waals surface area contributed by atoms with Crippen molar-refractivity contribution in [2.75, 3.05) is 40.9 Å². The smallest absolute Gasteiger partial charge is 0.387 e. The third-order valence-electron chi connectivity index (χ3n) is 13.1. The maximum Gasteiger partial charge on any atom is 0.472 e. The zero-order valence-corrected chi connectivity index (χ0v) is 48.5. The molecule has 0 saturated heterocycles. The number of hydrogen-bond donors (Lipinski definition) is 3. The van der Waals surface area contributed by atoms with Crippen molar-refractivity contribution < 1.29 is 32.9 Å². The minimum Gasteiger partial charge on any atom is -0.387 e. The number of nitrogens with one attached hydrogen (secondary N) is 1. The molecule has 0 fully saturated rings. The van der Waals surface area contributed by atoms with Crippen LogP contribution in [0.1, 0.15) is 258 Å². The van der Waals surface area contributed by atoms with E-state index in [1.165, 1.54) is 167 Å². The number of aliphatic hydroxyl groups excluding tert-OH is 1. The van der Waals surface area contributed by atoms with Crippen molar-refractivity contribution in [3.8, 4) is 0 Å². The number of phosphoric ester groups is 1. The molecule has 3 unspecified atom stereocenters. The average molecular weight is 1030 g/mol. The number of quaternary nitrogens is 1. The van der Waals surface area contributed by atoms with Gasteiger partial charge in [0.1, 0.15) is 13.2 Å². The molecule has 0 aromatic carbocycles. The van der Waals surface area contributed by atoms with Gasteiger partial charge in [0, 0.05) is 6.42 Å². The molecule has 0 rings (SSSR count). The lowest BCUT2D eigenvalue weighted by atomic mass is 10.0. The summed E-state index contributed by atoms with van der Waals surface area (Å²) < 4.78 is 23.7. The van der Waals surface area contributed by atoms with Crippen molar-refractivity contribution in [3.05, 3.63) is 85.1 Å². The van der Waals surface area contributed by atoms with Crippen molar-refractivity contribution in [1.82, 2.24) is 5.32 Å². The number of likely N-dealkylation sites (N-methyl/N-ethyl adjacent to an activating group) is 1. The molecule has 3 atom stereocenters. The third kappa shape index (κ3) is 55.4. The number of hydrogen-bond acceptors (Lipinski definition) is 5. The van der Waals surface area contributed by atoms with Gasteiger partial charge in [-0.1, -0.05) is 253 Å². The van der Waals surface area contributed by atoms with Gasteiger partial charge in [0.2, 0.25) is 5.91 Å². The molecule has 418 valence electrons. The van der Waals surface area contributed by atoms with Gasteiger partial charge in [0.15, 0.2) is 0 Å². The summed E-state index contributed by atoms with van der Waals surface area (Å²) in [7, 11) is 1.54. The number of phosphoric acid groups is 1. The summed E-state index contributed by atoms with van der Waals surface area (Å²) in [6.07, 6.45) is 75.5. The van der Waals surface area contributed by atoms with Crippen LogP contribution < -0.4 is 5.32 Å². The first-order valence-electron chi connectivity index (χ1n) is 30.0. The van der Waals surface area contributed by atoms with Gasteiger partial charge in [0.05, 0.1) is 39.9 Å². The van der Waals surface area contributed by atoms with Crippen LogP contribution >= 0.6 is 7.82 Å². The lowest BCUT2D eigenvalue weighted by Gasteiger charge is -2.25. The number of amides is 1. The van der Waals surface area contributed by atoms with Crippen LogP contribution in [0.4, 0.5) is 0 Å². The Morgan fingerprint density at radius 2 is 0.847 bits per heavy atom. The van der Waals surface area contributed by atoms with Gasteiger partial charge < -0.3 is 19.8 Å². The molecular weight excluding hydrogens is 912 g/mol. The molecule has 0 heterocycles.